The third kappa shape index (κ3) is 6.21. The number of aromatic amines is 1. The second kappa shape index (κ2) is 12.9. The van der Waals surface area contributed by atoms with E-state index in [0.717, 1.165) is 24.0 Å². The average Bonchev–Trinajstić information content (AvgIpc) is 3.68. The zero-order chi connectivity index (χ0) is 31.5. The number of carbonyl (C=O) groups is 2. The summed E-state index contributed by atoms with van der Waals surface area (Å²) in [5.74, 6) is 0.421. The van der Waals surface area contributed by atoms with Crippen LogP contribution in [0.1, 0.15) is 53.9 Å². The number of imidazole rings is 1. The van der Waals surface area contributed by atoms with E-state index >= 15 is 0 Å². The van der Waals surface area contributed by atoms with Crippen LogP contribution in [0.4, 0.5) is 10.7 Å². The predicted octanol–water partition coefficient (Wildman–Crippen LogP) is 5.23. The average molecular weight is 618 g/mol. The van der Waals surface area contributed by atoms with Crippen molar-refractivity contribution >= 4 is 29.1 Å². The topological polar surface area (TPSA) is 157 Å². The maximum Gasteiger partial charge on any atom is 0.407 e. The molecule has 234 valence electrons. The molecule has 0 spiro atoms. The second-order valence-electron chi connectivity index (χ2n) is 11.8. The zero-order valence-corrected chi connectivity index (χ0v) is 25.2. The van der Waals surface area contributed by atoms with Crippen molar-refractivity contribution < 1.29 is 19.1 Å². The van der Waals surface area contributed by atoms with Crippen LogP contribution in [-0.4, -0.2) is 44.6 Å². The molecule has 0 unspecified atom stereocenters. The van der Waals surface area contributed by atoms with Crippen molar-refractivity contribution in [3.63, 3.8) is 0 Å². The van der Waals surface area contributed by atoms with Crippen LogP contribution in [0.5, 0.6) is 5.88 Å². The number of nitrogens with two attached hydrogens (primary N) is 1. The maximum absolute atomic E-state index is 12.9. The van der Waals surface area contributed by atoms with Crippen LogP contribution in [0.3, 0.4) is 0 Å². The molecule has 0 radical (unpaired) electrons. The van der Waals surface area contributed by atoms with Crippen LogP contribution >= 0.6 is 0 Å². The number of hydrogen-bond acceptors (Lipinski definition) is 8. The van der Waals surface area contributed by atoms with E-state index in [1.165, 1.54) is 28.6 Å². The lowest BCUT2D eigenvalue weighted by molar-refractivity contribution is -0.126. The van der Waals surface area contributed by atoms with Gasteiger partial charge in [-0.2, -0.15) is 9.97 Å². The molecule has 1 saturated carbocycles. The summed E-state index contributed by atoms with van der Waals surface area (Å²) in [5.41, 5.74) is 13.5. The Morgan fingerprint density at radius 1 is 0.870 bits per heavy atom. The van der Waals surface area contributed by atoms with Crippen molar-refractivity contribution in [1.82, 2.24) is 30.6 Å². The largest absolute Gasteiger partial charge is 0.471 e. The third-order valence-electron chi connectivity index (χ3n) is 8.89. The van der Waals surface area contributed by atoms with Crippen molar-refractivity contribution in [1.29, 1.82) is 0 Å². The van der Waals surface area contributed by atoms with Crippen molar-refractivity contribution in [2.75, 3.05) is 12.3 Å². The molecule has 46 heavy (non-hydrogen) atoms. The number of anilines is 1. The molecule has 0 saturated heterocycles. The molecular weight excluding hydrogens is 582 g/mol. The van der Waals surface area contributed by atoms with Gasteiger partial charge in [-0.05, 0) is 59.1 Å². The molecule has 2 amide bonds. The first kappa shape index (κ1) is 29.3. The summed E-state index contributed by atoms with van der Waals surface area (Å²) in [7, 11) is 0. The van der Waals surface area contributed by atoms with Gasteiger partial charge in [0.15, 0.2) is 11.2 Å². The Morgan fingerprint density at radius 2 is 1.54 bits per heavy atom. The van der Waals surface area contributed by atoms with Gasteiger partial charge in [0, 0.05) is 24.4 Å². The molecule has 0 aliphatic heterocycles. The van der Waals surface area contributed by atoms with Gasteiger partial charge in [0.05, 0.1) is 6.33 Å². The van der Waals surface area contributed by atoms with Gasteiger partial charge in [-0.1, -0.05) is 72.8 Å². The summed E-state index contributed by atoms with van der Waals surface area (Å²) in [6, 6.07) is 24.4. The molecule has 0 atom stereocenters. The first-order valence-corrected chi connectivity index (χ1v) is 15.6. The van der Waals surface area contributed by atoms with Crippen LogP contribution < -0.4 is 21.1 Å². The summed E-state index contributed by atoms with van der Waals surface area (Å²) in [4.78, 5) is 41.0. The van der Waals surface area contributed by atoms with E-state index in [9.17, 15) is 9.59 Å². The smallest absolute Gasteiger partial charge is 0.407 e. The number of H-pyrrole nitrogens is 1. The highest BCUT2D eigenvalue weighted by Crippen LogP contribution is 2.44. The minimum atomic E-state index is -0.404. The van der Waals surface area contributed by atoms with Gasteiger partial charge in [0.2, 0.25) is 17.7 Å². The molecule has 5 aromatic rings. The zero-order valence-electron chi connectivity index (χ0n) is 25.2. The molecule has 2 aliphatic carbocycles. The SMILES string of the molecule is Nc1nc(OCc2ccc(CNC(=O)[C@H]3CC[C@@H](NC(=O)OCC4c5ccccc5-c5ccccc54)CC3)cc2)c2nc[nH]c2n1. The predicted molar refractivity (Wildman–Crippen MR) is 173 cm³/mol. The number of nitrogens with one attached hydrogen (secondary N) is 3. The van der Waals surface area contributed by atoms with E-state index in [1.54, 1.807) is 0 Å². The highest BCUT2D eigenvalue weighted by Gasteiger charge is 2.30. The molecule has 11 heteroatoms. The summed E-state index contributed by atoms with van der Waals surface area (Å²) in [6.45, 7) is 1.02. The Morgan fingerprint density at radius 3 is 2.26 bits per heavy atom. The first-order valence-electron chi connectivity index (χ1n) is 15.6. The van der Waals surface area contributed by atoms with E-state index in [1.807, 2.05) is 48.5 Å². The number of hydrogen-bond donors (Lipinski definition) is 4. The van der Waals surface area contributed by atoms with Crippen LogP contribution in [0.15, 0.2) is 79.1 Å². The molecule has 7 rings (SSSR count). The van der Waals surface area contributed by atoms with Crippen LogP contribution in [0.25, 0.3) is 22.3 Å². The van der Waals surface area contributed by atoms with E-state index in [0.29, 0.717) is 43.0 Å². The lowest BCUT2D eigenvalue weighted by atomic mass is 9.85. The Bertz CT molecular complexity index is 1820. The van der Waals surface area contributed by atoms with Gasteiger partial charge in [-0.25, -0.2) is 9.78 Å². The standard InChI is InChI=1S/C35H35N7O4/c36-34-41-31-30(38-20-39-31)33(42-34)45-18-22-11-9-21(10-12-22)17-37-32(43)23-13-15-24(16-14-23)40-35(44)46-19-29-27-7-3-1-5-25(27)26-6-2-4-8-28(26)29/h1-12,20,23-24,29H,13-19H2,(H,37,43)(H,40,44)(H3,36,38,39,41,42)/t23-,24+. The van der Waals surface area contributed by atoms with Crippen molar-refractivity contribution in [2.45, 2.75) is 50.8 Å². The maximum atomic E-state index is 12.9. The molecule has 3 aromatic carbocycles. The lowest BCUT2D eigenvalue weighted by Crippen LogP contribution is -2.41. The second-order valence-corrected chi connectivity index (χ2v) is 11.8. The number of alkyl carbamates (subject to hydrolysis) is 1. The molecular formula is C35H35N7O4. The number of nitrogens with zero attached hydrogens (tertiary/aromatic N) is 3. The van der Waals surface area contributed by atoms with Crippen molar-refractivity contribution in [2.24, 2.45) is 5.92 Å². The molecule has 0 bridgehead atoms. The van der Waals surface area contributed by atoms with Crippen molar-refractivity contribution in [3.8, 4) is 17.0 Å². The summed E-state index contributed by atoms with van der Waals surface area (Å²) in [5, 5.41) is 6.09. The monoisotopic (exact) mass is 617 g/mol. The van der Waals surface area contributed by atoms with Crippen LogP contribution in [0.2, 0.25) is 0 Å². The summed E-state index contributed by atoms with van der Waals surface area (Å²) >= 11 is 0. The number of fused-ring (bicyclic) bond motifs is 4. The molecule has 2 aromatic heterocycles. The van der Waals surface area contributed by atoms with Gasteiger partial charge in [0.25, 0.3) is 0 Å². The Hall–Kier alpha value is -5.45. The van der Waals surface area contributed by atoms with Gasteiger partial charge in [-0.15, -0.1) is 0 Å². The molecule has 1 fully saturated rings. The van der Waals surface area contributed by atoms with Gasteiger partial charge in [0.1, 0.15) is 13.2 Å². The number of aromatic nitrogens is 4. The number of rotatable bonds is 9. The molecule has 11 nitrogen and oxygen atoms in total. The van der Waals surface area contributed by atoms with E-state index in [-0.39, 0.29) is 36.3 Å². The summed E-state index contributed by atoms with van der Waals surface area (Å²) in [6.07, 6.45) is 4.02. The van der Waals surface area contributed by atoms with Crippen LogP contribution in [0, 0.1) is 5.92 Å². The van der Waals surface area contributed by atoms with E-state index in [2.05, 4.69) is 54.8 Å². The Labute approximate surface area is 266 Å². The number of amides is 2. The molecule has 2 aliphatic rings. The fourth-order valence-electron chi connectivity index (χ4n) is 6.47. The first-order chi connectivity index (χ1) is 22.5. The number of carbonyl (C=O) groups excluding carboxylic acids is 2. The fraction of sp³-hybridized carbons (Fsp3) is 0.286. The number of ether oxygens (including phenoxy) is 2. The van der Waals surface area contributed by atoms with Gasteiger partial charge < -0.3 is 30.8 Å². The van der Waals surface area contributed by atoms with Crippen molar-refractivity contribution in [3.05, 3.63) is 101 Å². The number of nitrogen functional groups attached to an aromatic ring is 1. The molecule has 5 N–H and O–H groups in total. The third-order valence-corrected chi connectivity index (χ3v) is 8.89. The van der Waals surface area contributed by atoms with E-state index < -0.39 is 6.09 Å². The highest BCUT2D eigenvalue weighted by atomic mass is 16.5. The normalized spacial score (nSPS) is 17.2. The van der Waals surface area contributed by atoms with Gasteiger partial charge in [-0.3, -0.25) is 4.79 Å². The minimum absolute atomic E-state index is 0.00243. The van der Waals surface area contributed by atoms with Gasteiger partial charge >= 0.3 is 6.09 Å². The lowest BCUT2D eigenvalue weighted by Gasteiger charge is -2.28. The Kier molecular flexibility index (Phi) is 8.20. The molecule has 2 heterocycles. The Balaban J connectivity index is 0.833. The fourth-order valence-corrected chi connectivity index (χ4v) is 6.47. The van der Waals surface area contributed by atoms with E-state index in [4.69, 9.17) is 15.2 Å². The highest BCUT2D eigenvalue weighted by molar-refractivity contribution is 5.80. The quantitative estimate of drug-likeness (QED) is 0.175. The van der Waals surface area contributed by atoms with Crippen LogP contribution in [-0.2, 0) is 22.7 Å². The minimum Gasteiger partial charge on any atom is -0.471 e. The number of benzene rings is 3. The summed E-state index contributed by atoms with van der Waals surface area (Å²) < 4.78 is 11.6.